The maximum atomic E-state index is 14.0. The molecule has 0 aliphatic carbocycles. The van der Waals surface area contributed by atoms with Crippen LogP contribution in [0, 0.1) is 35.4 Å². The van der Waals surface area contributed by atoms with E-state index in [1.807, 2.05) is 38.1 Å². The summed E-state index contributed by atoms with van der Waals surface area (Å²) in [6.45, 7) is 4.01. The quantitative estimate of drug-likeness (QED) is 0.146. The van der Waals surface area contributed by atoms with Crippen molar-refractivity contribution in [2.24, 2.45) is 0 Å². The van der Waals surface area contributed by atoms with E-state index in [4.69, 9.17) is 0 Å². The molecule has 38 heavy (non-hydrogen) atoms. The fraction of sp³-hybridized carbons (Fsp3) is 0.100. The van der Waals surface area contributed by atoms with Crippen molar-refractivity contribution in [3.05, 3.63) is 138 Å². The summed E-state index contributed by atoms with van der Waals surface area (Å²) >= 11 is 0. The minimum atomic E-state index is -0.676. The van der Waals surface area contributed by atoms with Gasteiger partial charge in [0.2, 0.25) is 0 Å². The molecule has 8 heteroatoms. The average molecular weight is 695 g/mol. The van der Waals surface area contributed by atoms with Crippen LogP contribution >= 0.6 is 0 Å². The molecule has 3 heterocycles. The zero-order valence-electron chi connectivity index (χ0n) is 20.3. The molecule has 0 fully saturated rings. The monoisotopic (exact) mass is 694 g/mol. The summed E-state index contributed by atoms with van der Waals surface area (Å²) in [6, 6.07) is 25.1. The standard InChI is InChI=1S/C19H15F2N2.C11H6F2N.Pt/c1-19(2,17-7-3-4-11-22-17)18-8-5-6-16(23-18)14-10-9-13(20)12-15(14)21;12-8-4-5-9(10(13)7-8)11-3-1-2-6-14-11;/h3-9,11-12H,1-2H3;1-4,6-7H;/q2*-1;+2. The molecule has 0 bridgehead atoms. The van der Waals surface area contributed by atoms with Crippen LogP contribution in [0.25, 0.3) is 22.5 Å². The van der Waals surface area contributed by atoms with Gasteiger partial charge in [-0.1, -0.05) is 53.6 Å². The van der Waals surface area contributed by atoms with Gasteiger partial charge in [-0.15, -0.1) is 24.3 Å². The van der Waals surface area contributed by atoms with Crippen LogP contribution in [0.4, 0.5) is 17.6 Å². The molecule has 0 aliphatic rings. The molecule has 5 rings (SSSR count). The Labute approximate surface area is 232 Å². The van der Waals surface area contributed by atoms with Crippen LogP contribution in [0.15, 0.2) is 91.3 Å². The summed E-state index contributed by atoms with van der Waals surface area (Å²) in [5, 5.41) is 0. The molecule has 194 valence electrons. The maximum absolute atomic E-state index is 14.0. The number of benzene rings is 2. The molecule has 0 spiro atoms. The Hall–Kier alpha value is -3.70. The predicted octanol–water partition coefficient (Wildman–Crippen LogP) is 7.37. The van der Waals surface area contributed by atoms with Crippen LogP contribution in [0.3, 0.4) is 0 Å². The molecule has 2 aromatic carbocycles. The van der Waals surface area contributed by atoms with Crippen molar-refractivity contribution in [1.82, 2.24) is 15.0 Å². The molecular formula is C30H21F4N3Pt. The van der Waals surface area contributed by atoms with E-state index in [2.05, 4.69) is 27.1 Å². The first-order chi connectivity index (χ1) is 17.8. The minimum Gasteiger partial charge on any atom is -0.305 e. The van der Waals surface area contributed by atoms with Crippen LogP contribution in [-0.2, 0) is 26.5 Å². The van der Waals surface area contributed by atoms with E-state index < -0.39 is 28.7 Å². The van der Waals surface area contributed by atoms with Crippen molar-refractivity contribution in [3.63, 3.8) is 0 Å². The predicted molar refractivity (Wildman–Crippen MR) is 133 cm³/mol. The Morgan fingerprint density at radius 1 is 0.632 bits per heavy atom. The van der Waals surface area contributed by atoms with Crippen molar-refractivity contribution >= 4 is 0 Å². The summed E-state index contributed by atoms with van der Waals surface area (Å²) in [7, 11) is 0. The number of nitrogens with zero attached hydrogens (tertiary/aromatic N) is 3. The van der Waals surface area contributed by atoms with Gasteiger partial charge in [0.15, 0.2) is 0 Å². The second kappa shape index (κ2) is 12.7. The van der Waals surface area contributed by atoms with Crippen LogP contribution in [0.2, 0.25) is 0 Å². The average Bonchev–Trinajstić information content (AvgIpc) is 2.90. The van der Waals surface area contributed by atoms with Gasteiger partial charge in [0.1, 0.15) is 0 Å². The smallest absolute Gasteiger partial charge is 0.305 e. The Morgan fingerprint density at radius 3 is 1.68 bits per heavy atom. The zero-order valence-corrected chi connectivity index (χ0v) is 22.6. The van der Waals surface area contributed by atoms with Crippen molar-refractivity contribution in [1.29, 1.82) is 0 Å². The topological polar surface area (TPSA) is 38.7 Å². The summed E-state index contributed by atoms with van der Waals surface area (Å²) in [5.74, 6) is -2.62. The molecule has 0 N–H and O–H groups in total. The van der Waals surface area contributed by atoms with Gasteiger partial charge in [0.25, 0.3) is 0 Å². The van der Waals surface area contributed by atoms with Crippen LogP contribution in [-0.4, -0.2) is 15.0 Å². The maximum Gasteiger partial charge on any atom is 2.00 e. The van der Waals surface area contributed by atoms with Crippen LogP contribution in [0.1, 0.15) is 25.2 Å². The molecule has 0 aliphatic heterocycles. The molecule has 0 unspecified atom stereocenters. The number of aromatic nitrogens is 3. The first-order valence-electron chi connectivity index (χ1n) is 11.3. The van der Waals surface area contributed by atoms with Crippen LogP contribution < -0.4 is 0 Å². The van der Waals surface area contributed by atoms with E-state index in [0.717, 1.165) is 35.7 Å². The summed E-state index contributed by atoms with van der Waals surface area (Å²) < 4.78 is 52.8. The van der Waals surface area contributed by atoms with Crippen LogP contribution in [0.5, 0.6) is 0 Å². The third kappa shape index (κ3) is 6.78. The molecular weight excluding hydrogens is 673 g/mol. The van der Waals surface area contributed by atoms with E-state index in [1.54, 1.807) is 42.7 Å². The number of halogens is 4. The SMILES string of the molecule is CC(C)(c1ccccn1)c1cccc(-c2[c-]cc(F)cc2F)n1.Fc1c[c-]c(-c2ccccn2)c(F)c1.[Pt+2]. The van der Waals surface area contributed by atoms with Gasteiger partial charge in [0.05, 0.1) is 5.69 Å². The Morgan fingerprint density at radius 2 is 1.16 bits per heavy atom. The van der Waals surface area contributed by atoms with E-state index in [-0.39, 0.29) is 32.2 Å². The summed E-state index contributed by atoms with van der Waals surface area (Å²) in [5.41, 5.74) is 2.40. The molecule has 0 saturated heterocycles. The van der Waals surface area contributed by atoms with Gasteiger partial charge < -0.3 is 9.97 Å². The number of hydrogen-bond donors (Lipinski definition) is 0. The van der Waals surface area contributed by atoms with Gasteiger partial charge in [-0.2, -0.15) is 0 Å². The van der Waals surface area contributed by atoms with Crippen molar-refractivity contribution in [2.75, 3.05) is 0 Å². The third-order valence-corrected chi connectivity index (χ3v) is 5.59. The molecule has 5 aromatic rings. The largest absolute Gasteiger partial charge is 2.00 e. The second-order valence-electron chi connectivity index (χ2n) is 8.54. The molecule has 0 radical (unpaired) electrons. The van der Waals surface area contributed by atoms with Gasteiger partial charge in [-0.3, -0.25) is 22.5 Å². The number of pyridine rings is 3. The van der Waals surface area contributed by atoms with Gasteiger partial charge in [-0.05, 0) is 49.5 Å². The molecule has 3 aromatic heterocycles. The van der Waals surface area contributed by atoms with E-state index in [1.165, 1.54) is 0 Å². The van der Waals surface area contributed by atoms with E-state index >= 15 is 0 Å². The first-order valence-corrected chi connectivity index (χ1v) is 11.3. The number of hydrogen-bond acceptors (Lipinski definition) is 3. The minimum absolute atomic E-state index is 0. The molecule has 0 amide bonds. The third-order valence-electron chi connectivity index (χ3n) is 5.59. The number of rotatable bonds is 4. The second-order valence-corrected chi connectivity index (χ2v) is 8.54. The van der Waals surface area contributed by atoms with Crippen molar-refractivity contribution in [3.8, 4) is 22.5 Å². The molecule has 0 saturated carbocycles. The van der Waals surface area contributed by atoms with E-state index in [0.29, 0.717) is 11.4 Å². The fourth-order valence-corrected chi connectivity index (χ4v) is 3.58. The van der Waals surface area contributed by atoms with Crippen molar-refractivity contribution < 1.29 is 38.6 Å². The Bertz CT molecular complexity index is 1500. The normalized spacial score (nSPS) is 10.7. The van der Waals surface area contributed by atoms with Gasteiger partial charge in [-0.25, -0.2) is 0 Å². The van der Waals surface area contributed by atoms with Gasteiger partial charge in [0, 0.05) is 46.8 Å². The zero-order chi connectivity index (χ0) is 26.4. The summed E-state index contributed by atoms with van der Waals surface area (Å²) in [4.78, 5) is 12.9. The van der Waals surface area contributed by atoms with Gasteiger partial charge >= 0.3 is 21.1 Å². The Balaban J connectivity index is 0.000000229. The molecule has 3 nitrogen and oxygen atoms in total. The Kier molecular flexibility index (Phi) is 9.65. The molecule has 0 atom stereocenters. The first kappa shape index (κ1) is 28.9. The summed E-state index contributed by atoms with van der Waals surface area (Å²) in [6.07, 6.45) is 3.28. The van der Waals surface area contributed by atoms with Crippen molar-refractivity contribution in [2.45, 2.75) is 19.3 Å². The van der Waals surface area contributed by atoms with E-state index in [9.17, 15) is 17.6 Å². The fourth-order valence-electron chi connectivity index (χ4n) is 3.58.